The largest absolute Gasteiger partial charge is 0.426 e. The Balaban J connectivity index is 1.78. The highest BCUT2D eigenvalue weighted by Gasteiger charge is 2.19. The fraction of sp³-hybridized carbons (Fsp3) is 0.0952. The third kappa shape index (κ3) is 4.06. The number of rotatable bonds is 4. The summed E-state index contributed by atoms with van der Waals surface area (Å²) in [5.74, 6) is -0.998. The van der Waals surface area contributed by atoms with Crippen LogP contribution in [-0.2, 0) is 4.79 Å². The molecule has 0 aliphatic heterocycles. The fourth-order valence-electron chi connectivity index (χ4n) is 2.50. The van der Waals surface area contributed by atoms with Gasteiger partial charge in [-0.25, -0.2) is 4.39 Å². The number of benzene rings is 3. The minimum absolute atomic E-state index is 0.366. The number of halogens is 2. The summed E-state index contributed by atoms with van der Waals surface area (Å²) in [6.07, 6.45) is 0. The van der Waals surface area contributed by atoms with E-state index in [2.05, 4.69) is 0 Å². The van der Waals surface area contributed by atoms with Gasteiger partial charge in [-0.1, -0.05) is 54.1 Å². The monoisotopic (exact) mass is 354 g/mol. The molecule has 0 fully saturated rings. The number of carbonyl (C=O) groups excluding carboxylic acids is 1. The van der Waals surface area contributed by atoms with Crippen molar-refractivity contribution in [3.05, 3.63) is 89.2 Å². The molecule has 4 heteroatoms. The van der Waals surface area contributed by atoms with Crippen molar-refractivity contribution >= 4 is 17.6 Å². The molecule has 25 heavy (non-hydrogen) atoms. The van der Waals surface area contributed by atoms with E-state index >= 15 is 0 Å². The van der Waals surface area contributed by atoms with E-state index in [1.165, 1.54) is 6.07 Å². The van der Waals surface area contributed by atoms with Gasteiger partial charge in [-0.3, -0.25) is 4.79 Å². The van der Waals surface area contributed by atoms with Crippen LogP contribution in [0.5, 0.6) is 5.75 Å². The maximum Gasteiger partial charge on any atom is 0.318 e. The molecular weight excluding hydrogens is 339 g/mol. The van der Waals surface area contributed by atoms with Gasteiger partial charge in [0, 0.05) is 10.6 Å². The average molecular weight is 355 g/mol. The highest BCUT2D eigenvalue weighted by molar-refractivity contribution is 6.30. The van der Waals surface area contributed by atoms with E-state index in [0.29, 0.717) is 21.9 Å². The molecule has 2 nitrogen and oxygen atoms in total. The van der Waals surface area contributed by atoms with Crippen LogP contribution in [0, 0.1) is 5.82 Å². The van der Waals surface area contributed by atoms with Gasteiger partial charge in [-0.15, -0.1) is 0 Å². The molecule has 3 aromatic carbocycles. The molecule has 3 rings (SSSR count). The van der Waals surface area contributed by atoms with Crippen LogP contribution in [0.3, 0.4) is 0 Å². The van der Waals surface area contributed by atoms with Crippen molar-refractivity contribution in [2.24, 2.45) is 0 Å². The van der Waals surface area contributed by atoms with Crippen LogP contribution >= 0.6 is 11.6 Å². The topological polar surface area (TPSA) is 26.3 Å². The lowest BCUT2D eigenvalue weighted by Gasteiger charge is -2.13. The molecule has 0 aliphatic carbocycles. The lowest BCUT2D eigenvalue weighted by molar-refractivity contribution is -0.135. The highest BCUT2D eigenvalue weighted by Crippen LogP contribution is 2.27. The van der Waals surface area contributed by atoms with E-state index < -0.39 is 11.9 Å². The Hall–Kier alpha value is -2.65. The predicted molar refractivity (Wildman–Crippen MR) is 97.3 cm³/mol. The highest BCUT2D eigenvalue weighted by atomic mass is 35.5. The smallest absolute Gasteiger partial charge is 0.318 e. The van der Waals surface area contributed by atoms with E-state index in [1.54, 1.807) is 43.3 Å². The van der Waals surface area contributed by atoms with Gasteiger partial charge in [0.15, 0.2) is 0 Å². The van der Waals surface area contributed by atoms with Crippen LogP contribution in [-0.4, -0.2) is 5.97 Å². The second-order valence-corrected chi connectivity index (χ2v) is 6.14. The van der Waals surface area contributed by atoms with E-state index in [4.69, 9.17) is 16.3 Å². The Morgan fingerprint density at radius 2 is 1.68 bits per heavy atom. The first-order valence-corrected chi connectivity index (χ1v) is 8.24. The first-order valence-electron chi connectivity index (χ1n) is 7.87. The number of hydrogen-bond donors (Lipinski definition) is 0. The predicted octanol–water partition coefficient (Wildman–Crippen LogP) is 5.86. The summed E-state index contributed by atoms with van der Waals surface area (Å²) in [7, 11) is 0. The van der Waals surface area contributed by atoms with Gasteiger partial charge < -0.3 is 4.74 Å². The molecule has 1 unspecified atom stereocenters. The van der Waals surface area contributed by atoms with Crippen molar-refractivity contribution in [3.8, 4) is 16.9 Å². The van der Waals surface area contributed by atoms with Crippen molar-refractivity contribution < 1.29 is 13.9 Å². The summed E-state index contributed by atoms with van der Waals surface area (Å²) < 4.78 is 19.8. The maximum atomic E-state index is 14.5. The van der Waals surface area contributed by atoms with Gasteiger partial charge in [-0.2, -0.15) is 0 Å². The molecule has 0 spiro atoms. The van der Waals surface area contributed by atoms with E-state index in [-0.39, 0.29) is 5.82 Å². The molecule has 0 amide bonds. The second-order valence-electron chi connectivity index (χ2n) is 5.70. The number of esters is 1. The Bertz CT molecular complexity index is 876. The van der Waals surface area contributed by atoms with Crippen molar-refractivity contribution in [1.29, 1.82) is 0 Å². The summed E-state index contributed by atoms with van der Waals surface area (Å²) in [5.41, 5.74) is 1.86. The molecule has 1 atom stereocenters. The molecule has 3 aromatic rings. The Morgan fingerprint density at radius 1 is 1.00 bits per heavy atom. The molecule has 0 aromatic heterocycles. The number of carbonyl (C=O) groups is 1. The van der Waals surface area contributed by atoms with Gasteiger partial charge in [0.05, 0.1) is 5.92 Å². The minimum atomic E-state index is -0.588. The van der Waals surface area contributed by atoms with Gasteiger partial charge in [-0.05, 0) is 48.4 Å². The zero-order chi connectivity index (χ0) is 17.8. The van der Waals surface area contributed by atoms with Crippen LogP contribution in [0.1, 0.15) is 18.4 Å². The Morgan fingerprint density at radius 3 is 2.32 bits per heavy atom. The molecule has 0 saturated carbocycles. The van der Waals surface area contributed by atoms with Crippen molar-refractivity contribution in [2.45, 2.75) is 12.8 Å². The van der Waals surface area contributed by atoms with Crippen molar-refractivity contribution in [3.63, 3.8) is 0 Å². The molecule has 0 saturated heterocycles. The van der Waals surface area contributed by atoms with E-state index in [1.807, 2.05) is 30.3 Å². The molecule has 0 bridgehead atoms. The Kier molecular flexibility index (Phi) is 5.15. The van der Waals surface area contributed by atoms with E-state index in [0.717, 1.165) is 5.56 Å². The fourth-order valence-corrected chi connectivity index (χ4v) is 2.62. The summed E-state index contributed by atoms with van der Waals surface area (Å²) >= 11 is 5.81. The van der Waals surface area contributed by atoms with Crippen LogP contribution in [0.15, 0.2) is 72.8 Å². The zero-order valence-corrected chi connectivity index (χ0v) is 14.3. The maximum absolute atomic E-state index is 14.5. The summed E-state index contributed by atoms with van der Waals surface area (Å²) in [6, 6.07) is 20.6. The first-order chi connectivity index (χ1) is 12.0. The molecule has 0 heterocycles. The Labute approximate surface area is 150 Å². The number of hydrogen-bond acceptors (Lipinski definition) is 2. The van der Waals surface area contributed by atoms with Crippen LogP contribution in [0.2, 0.25) is 5.02 Å². The molecule has 0 N–H and O–H groups in total. The third-order valence-corrected chi connectivity index (χ3v) is 4.22. The second kappa shape index (κ2) is 7.49. The van der Waals surface area contributed by atoms with Crippen LogP contribution < -0.4 is 4.74 Å². The van der Waals surface area contributed by atoms with Crippen molar-refractivity contribution in [2.75, 3.05) is 0 Å². The summed E-state index contributed by atoms with van der Waals surface area (Å²) in [5, 5.41) is 0.561. The first kappa shape index (κ1) is 17.2. The standard InChI is InChI=1S/C21H16ClFO2/c1-14(21(24)25-18-10-8-17(22)9-11-18)16-7-12-19(20(23)13-16)15-5-3-2-4-6-15/h2-14H,1H3. The van der Waals surface area contributed by atoms with E-state index in [9.17, 15) is 9.18 Å². The lowest BCUT2D eigenvalue weighted by atomic mass is 9.97. The van der Waals surface area contributed by atoms with Crippen molar-refractivity contribution in [1.82, 2.24) is 0 Å². The quantitative estimate of drug-likeness (QED) is 0.433. The van der Waals surface area contributed by atoms with Gasteiger partial charge in [0.1, 0.15) is 11.6 Å². The SMILES string of the molecule is CC(C(=O)Oc1ccc(Cl)cc1)c1ccc(-c2ccccc2)c(F)c1. The number of ether oxygens (including phenoxy) is 1. The normalized spacial score (nSPS) is 11.8. The average Bonchev–Trinajstić information content (AvgIpc) is 2.63. The van der Waals surface area contributed by atoms with Crippen LogP contribution in [0.4, 0.5) is 4.39 Å². The van der Waals surface area contributed by atoms with Crippen LogP contribution in [0.25, 0.3) is 11.1 Å². The molecule has 0 aliphatic rings. The van der Waals surface area contributed by atoms with Gasteiger partial charge in [0.25, 0.3) is 0 Å². The summed E-state index contributed by atoms with van der Waals surface area (Å²) in [6.45, 7) is 1.69. The van der Waals surface area contributed by atoms with Gasteiger partial charge in [0.2, 0.25) is 0 Å². The third-order valence-electron chi connectivity index (χ3n) is 3.96. The lowest BCUT2D eigenvalue weighted by Crippen LogP contribution is -2.16. The zero-order valence-electron chi connectivity index (χ0n) is 13.6. The summed E-state index contributed by atoms with van der Waals surface area (Å²) in [4.78, 5) is 12.3. The molecule has 126 valence electrons. The molecule has 0 radical (unpaired) electrons. The van der Waals surface area contributed by atoms with Gasteiger partial charge >= 0.3 is 5.97 Å². The molecular formula is C21H16ClFO2. The minimum Gasteiger partial charge on any atom is -0.426 e.